The van der Waals surface area contributed by atoms with E-state index in [2.05, 4.69) is 25.9 Å². The number of rotatable bonds is 7. The molecule has 0 unspecified atom stereocenters. The fraction of sp³-hybridized carbons (Fsp3) is 0.222. The first-order valence-corrected chi connectivity index (χ1v) is 12.0. The number of aliphatic hydroxyl groups is 1. The van der Waals surface area contributed by atoms with Gasteiger partial charge in [0, 0.05) is 11.3 Å². The van der Waals surface area contributed by atoms with Gasteiger partial charge in [-0.2, -0.15) is 0 Å². The number of benzene rings is 3. The minimum absolute atomic E-state index is 0.212. The Labute approximate surface area is 213 Å². The molecule has 37 heavy (non-hydrogen) atoms. The highest BCUT2D eigenvalue weighted by atomic mass is 16.3. The number of nitrogens with zero attached hydrogens (tertiary/aromatic N) is 4. The molecule has 3 aromatic carbocycles. The summed E-state index contributed by atoms with van der Waals surface area (Å²) in [6.07, 6.45) is 1.08. The third kappa shape index (κ3) is 5.11. The molecule has 0 spiro atoms. The average Bonchev–Trinajstić information content (AvgIpc) is 3.45. The van der Waals surface area contributed by atoms with Crippen LogP contribution in [0.1, 0.15) is 17.5 Å². The van der Waals surface area contributed by atoms with E-state index in [1.165, 1.54) is 0 Å². The number of nitrogens with one attached hydrogen (secondary N) is 2. The monoisotopic (exact) mass is 497 g/mol. The molecule has 0 radical (unpaired) electrons. The van der Waals surface area contributed by atoms with Crippen molar-refractivity contribution in [1.29, 1.82) is 0 Å². The second kappa shape index (κ2) is 10.7. The number of tetrazole rings is 1. The molecule has 188 valence electrons. The van der Waals surface area contributed by atoms with Crippen molar-refractivity contribution in [2.45, 2.75) is 31.5 Å². The van der Waals surface area contributed by atoms with E-state index in [9.17, 15) is 14.7 Å². The Hall–Kier alpha value is -4.41. The first kappa shape index (κ1) is 24.3. The highest BCUT2D eigenvalue weighted by Crippen LogP contribution is 2.31. The van der Waals surface area contributed by atoms with Crippen LogP contribution < -0.4 is 16.0 Å². The molecule has 10 heteroatoms. The van der Waals surface area contributed by atoms with Gasteiger partial charge in [-0.15, -0.1) is 5.10 Å². The fourth-order valence-corrected chi connectivity index (χ4v) is 4.56. The molecule has 5 rings (SSSR count). The number of hydrogen-bond acceptors (Lipinski definition) is 7. The molecule has 2 heterocycles. The molecule has 4 aromatic rings. The lowest BCUT2D eigenvalue weighted by Gasteiger charge is -2.27. The van der Waals surface area contributed by atoms with Crippen LogP contribution in [0.3, 0.4) is 0 Å². The van der Waals surface area contributed by atoms with Gasteiger partial charge in [-0.25, -0.2) is 5.10 Å². The molecule has 1 aliphatic rings. The summed E-state index contributed by atoms with van der Waals surface area (Å²) in [6.45, 7) is -0.151. The van der Waals surface area contributed by atoms with Crippen LogP contribution in [-0.4, -0.2) is 56.2 Å². The Kier molecular flexibility index (Phi) is 7.02. The zero-order valence-electron chi connectivity index (χ0n) is 20.0. The SMILES string of the molecule is N[C@H](CO)C(=O)N[C@@H]1CCc2ccccc2N(Cc2ccc(-c3ccccc3-c3nnn[nH]3)cc2)C1=O. The van der Waals surface area contributed by atoms with E-state index in [0.717, 1.165) is 33.5 Å². The molecule has 5 N–H and O–H groups in total. The molecule has 0 fully saturated rings. The van der Waals surface area contributed by atoms with Crippen molar-refractivity contribution in [3.05, 3.63) is 83.9 Å². The van der Waals surface area contributed by atoms with Crippen LogP contribution in [0.4, 0.5) is 5.69 Å². The number of anilines is 1. The molecule has 2 atom stereocenters. The van der Waals surface area contributed by atoms with Crippen molar-refractivity contribution in [1.82, 2.24) is 25.9 Å². The maximum absolute atomic E-state index is 13.6. The summed E-state index contributed by atoms with van der Waals surface area (Å²) in [7, 11) is 0. The molecule has 0 saturated heterocycles. The van der Waals surface area contributed by atoms with E-state index in [0.29, 0.717) is 25.2 Å². The number of hydrogen-bond donors (Lipinski definition) is 4. The lowest BCUT2D eigenvalue weighted by atomic mass is 9.98. The molecule has 0 saturated carbocycles. The van der Waals surface area contributed by atoms with Crippen LogP contribution in [0.15, 0.2) is 72.8 Å². The van der Waals surface area contributed by atoms with Gasteiger partial charge in [0.2, 0.25) is 11.8 Å². The molecule has 0 aliphatic carbocycles. The Morgan fingerprint density at radius 1 is 1.08 bits per heavy atom. The molecule has 2 amide bonds. The number of carbonyl (C=O) groups is 2. The second-order valence-electron chi connectivity index (χ2n) is 8.93. The van der Waals surface area contributed by atoms with Gasteiger partial charge in [0.15, 0.2) is 5.82 Å². The summed E-state index contributed by atoms with van der Waals surface area (Å²) in [4.78, 5) is 27.7. The van der Waals surface area contributed by atoms with E-state index in [1.54, 1.807) is 4.90 Å². The number of aromatic amines is 1. The first-order chi connectivity index (χ1) is 18.0. The lowest BCUT2D eigenvalue weighted by molar-refractivity contribution is -0.129. The van der Waals surface area contributed by atoms with Gasteiger partial charge in [0.1, 0.15) is 12.1 Å². The predicted octanol–water partition coefficient (Wildman–Crippen LogP) is 1.82. The maximum Gasteiger partial charge on any atom is 0.249 e. The number of para-hydroxylation sites is 1. The molecular weight excluding hydrogens is 470 g/mol. The Morgan fingerprint density at radius 2 is 1.81 bits per heavy atom. The zero-order valence-corrected chi connectivity index (χ0v) is 20.0. The Balaban J connectivity index is 1.42. The minimum Gasteiger partial charge on any atom is -0.394 e. The minimum atomic E-state index is -1.07. The highest BCUT2D eigenvalue weighted by Gasteiger charge is 2.32. The number of aliphatic hydroxyl groups excluding tert-OH is 1. The summed E-state index contributed by atoms with van der Waals surface area (Å²) < 4.78 is 0. The first-order valence-electron chi connectivity index (χ1n) is 12.0. The van der Waals surface area contributed by atoms with Crippen molar-refractivity contribution in [3.8, 4) is 22.5 Å². The quantitative estimate of drug-likeness (QED) is 0.304. The number of H-pyrrole nitrogens is 1. The van der Waals surface area contributed by atoms with Crippen molar-refractivity contribution in [3.63, 3.8) is 0 Å². The third-order valence-electron chi connectivity index (χ3n) is 6.53. The smallest absolute Gasteiger partial charge is 0.249 e. The highest BCUT2D eigenvalue weighted by molar-refractivity contribution is 6.01. The van der Waals surface area contributed by atoms with Gasteiger partial charge in [-0.3, -0.25) is 9.59 Å². The molecule has 0 bridgehead atoms. The van der Waals surface area contributed by atoms with Crippen molar-refractivity contribution in [2.24, 2.45) is 5.73 Å². The van der Waals surface area contributed by atoms with Gasteiger partial charge >= 0.3 is 0 Å². The summed E-state index contributed by atoms with van der Waals surface area (Å²) in [5, 5.41) is 26.2. The summed E-state index contributed by atoms with van der Waals surface area (Å²) in [5.74, 6) is -0.173. The Morgan fingerprint density at radius 3 is 2.54 bits per heavy atom. The van der Waals surface area contributed by atoms with E-state index < -0.39 is 24.6 Å². The maximum atomic E-state index is 13.6. The van der Waals surface area contributed by atoms with Crippen LogP contribution in [0.5, 0.6) is 0 Å². The van der Waals surface area contributed by atoms with E-state index in [4.69, 9.17) is 5.73 Å². The van der Waals surface area contributed by atoms with Crippen molar-refractivity contribution < 1.29 is 14.7 Å². The number of nitrogens with two attached hydrogens (primary N) is 1. The molecule has 1 aromatic heterocycles. The second-order valence-corrected chi connectivity index (χ2v) is 8.93. The number of aryl methyl sites for hydroxylation is 1. The standard InChI is InChI=1S/C27H27N7O3/c28-22(16-35)26(36)29-23-14-13-19-5-1-4-8-24(19)34(27(23)37)15-17-9-11-18(12-10-17)20-6-2-3-7-21(20)25-30-32-33-31-25/h1-12,22-23,35H,13-16,28H2,(H,29,36)(H,30,31,32,33)/t22-,23-/m1/s1. The van der Waals surface area contributed by atoms with Crippen LogP contribution >= 0.6 is 0 Å². The Bertz CT molecular complexity index is 1390. The van der Waals surface area contributed by atoms with Crippen LogP contribution in [0.25, 0.3) is 22.5 Å². The largest absolute Gasteiger partial charge is 0.394 e. The topological polar surface area (TPSA) is 150 Å². The number of aromatic nitrogens is 4. The van der Waals surface area contributed by atoms with Gasteiger partial charge < -0.3 is 21.1 Å². The van der Waals surface area contributed by atoms with Crippen molar-refractivity contribution in [2.75, 3.05) is 11.5 Å². The zero-order chi connectivity index (χ0) is 25.8. The van der Waals surface area contributed by atoms with Crippen LogP contribution in [0, 0.1) is 0 Å². The van der Waals surface area contributed by atoms with Gasteiger partial charge in [-0.1, -0.05) is 66.7 Å². The van der Waals surface area contributed by atoms with Crippen molar-refractivity contribution >= 4 is 17.5 Å². The number of amides is 2. The van der Waals surface area contributed by atoms with Gasteiger partial charge in [0.25, 0.3) is 0 Å². The molecular formula is C27H27N7O3. The van der Waals surface area contributed by atoms with Gasteiger partial charge in [0.05, 0.1) is 13.2 Å². The van der Waals surface area contributed by atoms with Crippen LogP contribution in [0.2, 0.25) is 0 Å². The number of fused-ring (bicyclic) bond motifs is 1. The van der Waals surface area contributed by atoms with Gasteiger partial charge in [-0.05, 0) is 51.6 Å². The third-order valence-corrected chi connectivity index (χ3v) is 6.53. The normalized spacial score (nSPS) is 16.1. The summed E-state index contributed by atoms with van der Waals surface area (Å²) in [5.41, 5.74) is 11.3. The molecule has 10 nitrogen and oxygen atoms in total. The number of carbonyl (C=O) groups excluding carboxylic acids is 2. The fourth-order valence-electron chi connectivity index (χ4n) is 4.56. The molecule has 1 aliphatic heterocycles. The van der Waals surface area contributed by atoms with E-state index in [1.807, 2.05) is 72.8 Å². The lowest BCUT2D eigenvalue weighted by Crippen LogP contribution is -2.53. The van der Waals surface area contributed by atoms with Crippen LogP contribution in [-0.2, 0) is 22.6 Å². The predicted molar refractivity (Wildman–Crippen MR) is 138 cm³/mol. The van der Waals surface area contributed by atoms with E-state index >= 15 is 0 Å². The summed E-state index contributed by atoms with van der Waals surface area (Å²) >= 11 is 0. The average molecular weight is 498 g/mol. The summed E-state index contributed by atoms with van der Waals surface area (Å²) in [6, 6.07) is 21.8. The van der Waals surface area contributed by atoms with E-state index in [-0.39, 0.29) is 5.91 Å².